The number of nitrogens with zero attached hydrogens (tertiary/aromatic N) is 1. The lowest BCUT2D eigenvalue weighted by Crippen LogP contribution is -2.39. The number of nitrogens with one attached hydrogen (secondary N) is 1. The topological polar surface area (TPSA) is 15.3 Å². The highest BCUT2D eigenvalue weighted by atomic mass is 15.1. The van der Waals surface area contributed by atoms with E-state index >= 15 is 0 Å². The quantitative estimate of drug-likeness (QED) is 0.772. The summed E-state index contributed by atoms with van der Waals surface area (Å²) in [4.78, 5) is 2.51. The lowest BCUT2D eigenvalue weighted by molar-refractivity contribution is 0.291. The zero-order valence-corrected chi connectivity index (χ0v) is 11.0. The zero-order valence-electron chi connectivity index (χ0n) is 11.0. The van der Waals surface area contributed by atoms with E-state index in [2.05, 4.69) is 24.2 Å². The Hall–Kier alpha value is -0.0800. The number of rotatable bonds is 5. The molecule has 1 N–H and O–H groups in total. The van der Waals surface area contributed by atoms with Gasteiger partial charge in [-0.05, 0) is 45.2 Å². The van der Waals surface area contributed by atoms with Crippen molar-refractivity contribution in [1.82, 2.24) is 10.2 Å². The van der Waals surface area contributed by atoms with E-state index < -0.39 is 0 Å². The third kappa shape index (κ3) is 3.21. The van der Waals surface area contributed by atoms with Crippen molar-refractivity contribution in [1.29, 1.82) is 0 Å². The molecule has 0 bridgehead atoms. The highest BCUT2D eigenvalue weighted by Crippen LogP contribution is 2.33. The van der Waals surface area contributed by atoms with Crippen molar-refractivity contribution in [2.75, 3.05) is 20.1 Å². The molecule has 1 saturated heterocycles. The van der Waals surface area contributed by atoms with Crippen LogP contribution in [-0.4, -0.2) is 37.1 Å². The van der Waals surface area contributed by atoms with E-state index in [-0.39, 0.29) is 0 Å². The van der Waals surface area contributed by atoms with E-state index in [1.54, 1.807) is 0 Å². The van der Waals surface area contributed by atoms with Crippen LogP contribution in [0.4, 0.5) is 0 Å². The van der Waals surface area contributed by atoms with Crippen LogP contribution in [0.3, 0.4) is 0 Å². The van der Waals surface area contributed by atoms with Crippen molar-refractivity contribution < 1.29 is 0 Å². The Morgan fingerprint density at radius 2 is 2.06 bits per heavy atom. The molecule has 1 aliphatic carbocycles. The molecule has 2 heteroatoms. The molecule has 0 spiro atoms. The summed E-state index contributed by atoms with van der Waals surface area (Å²) in [5, 5.41) is 3.86. The Morgan fingerprint density at radius 1 is 1.25 bits per heavy atom. The van der Waals surface area contributed by atoms with Gasteiger partial charge in [-0.25, -0.2) is 0 Å². The average Bonchev–Trinajstić information content (AvgIpc) is 2.68. The third-order valence-corrected chi connectivity index (χ3v) is 4.37. The van der Waals surface area contributed by atoms with Gasteiger partial charge in [-0.1, -0.05) is 26.2 Å². The second-order valence-electron chi connectivity index (χ2n) is 5.87. The third-order valence-electron chi connectivity index (χ3n) is 4.37. The van der Waals surface area contributed by atoms with E-state index in [0.29, 0.717) is 0 Å². The standard InChI is InChI=1S/C14H28N2/c1-3-4-9-16(2)11-13-10-12-7-5-6-8-14(12)15-13/h12-15H,3-11H2,1-2H3. The molecule has 0 amide bonds. The maximum absolute atomic E-state index is 3.86. The van der Waals surface area contributed by atoms with Gasteiger partial charge in [0.25, 0.3) is 0 Å². The summed E-state index contributed by atoms with van der Waals surface area (Å²) in [5.74, 6) is 0.998. The molecule has 1 aliphatic heterocycles. The van der Waals surface area contributed by atoms with Gasteiger partial charge in [-0.3, -0.25) is 0 Å². The molecule has 2 fully saturated rings. The molecule has 0 radical (unpaired) electrons. The van der Waals surface area contributed by atoms with Crippen LogP contribution in [0.2, 0.25) is 0 Å². The molecule has 3 atom stereocenters. The van der Waals surface area contributed by atoms with Crippen LogP contribution in [-0.2, 0) is 0 Å². The molecule has 2 rings (SSSR count). The summed E-state index contributed by atoms with van der Waals surface area (Å²) >= 11 is 0. The molecule has 3 unspecified atom stereocenters. The number of fused-ring (bicyclic) bond motifs is 1. The van der Waals surface area contributed by atoms with Crippen LogP contribution in [0.5, 0.6) is 0 Å². The summed E-state index contributed by atoms with van der Waals surface area (Å²) < 4.78 is 0. The molecule has 16 heavy (non-hydrogen) atoms. The van der Waals surface area contributed by atoms with Gasteiger partial charge in [-0.2, -0.15) is 0 Å². The number of hydrogen-bond donors (Lipinski definition) is 1. The summed E-state index contributed by atoms with van der Waals surface area (Å²) in [7, 11) is 2.28. The van der Waals surface area contributed by atoms with Crippen LogP contribution < -0.4 is 5.32 Å². The molecular formula is C14H28N2. The van der Waals surface area contributed by atoms with E-state index in [1.807, 2.05) is 0 Å². The van der Waals surface area contributed by atoms with Crippen molar-refractivity contribution in [2.24, 2.45) is 5.92 Å². The van der Waals surface area contributed by atoms with Gasteiger partial charge in [0.1, 0.15) is 0 Å². The maximum Gasteiger partial charge on any atom is 0.0200 e. The van der Waals surface area contributed by atoms with E-state index in [9.17, 15) is 0 Å². The molecule has 2 aliphatic rings. The van der Waals surface area contributed by atoms with Gasteiger partial charge in [-0.15, -0.1) is 0 Å². The van der Waals surface area contributed by atoms with Crippen LogP contribution >= 0.6 is 0 Å². The van der Waals surface area contributed by atoms with Crippen molar-refractivity contribution in [3.8, 4) is 0 Å². The van der Waals surface area contributed by atoms with Crippen LogP contribution in [0.15, 0.2) is 0 Å². The predicted molar refractivity (Wildman–Crippen MR) is 69.7 cm³/mol. The molecular weight excluding hydrogens is 196 g/mol. The molecule has 2 nitrogen and oxygen atoms in total. The fraction of sp³-hybridized carbons (Fsp3) is 1.00. The fourth-order valence-electron chi connectivity index (χ4n) is 3.47. The van der Waals surface area contributed by atoms with Crippen LogP contribution in [0, 0.1) is 5.92 Å². The van der Waals surface area contributed by atoms with Gasteiger partial charge in [0.2, 0.25) is 0 Å². The second-order valence-corrected chi connectivity index (χ2v) is 5.87. The Balaban J connectivity index is 1.71. The summed E-state index contributed by atoms with van der Waals surface area (Å²) in [5.41, 5.74) is 0. The Bertz CT molecular complexity index is 191. The SMILES string of the molecule is CCCCN(C)CC1CC2CCCCC2N1. The Labute approximate surface area is 101 Å². The van der Waals surface area contributed by atoms with E-state index in [4.69, 9.17) is 0 Å². The first kappa shape index (κ1) is 12.4. The first-order valence-electron chi connectivity index (χ1n) is 7.24. The van der Waals surface area contributed by atoms with Crippen molar-refractivity contribution in [2.45, 2.75) is 64.0 Å². The first-order chi connectivity index (χ1) is 7.79. The number of hydrogen-bond acceptors (Lipinski definition) is 2. The largest absolute Gasteiger partial charge is 0.310 e. The first-order valence-corrected chi connectivity index (χ1v) is 7.24. The molecule has 1 saturated carbocycles. The smallest absolute Gasteiger partial charge is 0.0200 e. The highest BCUT2D eigenvalue weighted by molar-refractivity contribution is 4.93. The molecule has 1 heterocycles. The van der Waals surface area contributed by atoms with Gasteiger partial charge < -0.3 is 10.2 Å². The molecule has 0 aromatic carbocycles. The van der Waals surface area contributed by atoms with Crippen molar-refractivity contribution in [3.05, 3.63) is 0 Å². The van der Waals surface area contributed by atoms with Crippen LogP contribution in [0.1, 0.15) is 51.9 Å². The van der Waals surface area contributed by atoms with Gasteiger partial charge >= 0.3 is 0 Å². The maximum atomic E-state index is 3.86. The molecule has 0 aromatic heterocycles. The molecule has 94 valence electrons. The van der Waals surface area contributed by atoms with Crippen molar-refractivity contribution in [3.63, 3.8) is 0 Å². The van der Waals surface area contributed by atoms with E-state index in [0.717, 1.165) is 18.0 Å². The molecule has 0 aromatic rings. The normalized spacial score (nSPS) is 34.3. The minimum absolute atomic E-state index is 0.773. The fourth-order valence-corrected chi connectivity index (χ4v) is 3.47. The predicted octanol–water partition coefficient (Wildman–Crippen LogP) is 2.64. The average molecular weight is 224 g/mol. The summed E-state index contributed by atoms with van der Waals surface area (Å²) in [6, 6.07) is 1.63. The lowest BCUT2D eigenvalue weighted by atomic mass is 9.85. The minimum atomic E-state index is 0.773. The Kier molecular flexibility index (Phi) is 4.66. The van der Waals surface area contributed by atoms with Crippen LogP contribution in [0.25, 0.3) is 0 Å². The number of unbranched alkanes of at least 4 members (excludes halogenated alkanes) is 1. The van der Waals surface area contributed by atoms with Gasteiger partial charge in [0.15, 0.2) is 0 Å². The summed E-state index contributed by atoms with van der Waals surface area (Å²) in [6.07, 6.45) is 9.92. The Morgan fingerprint density at radius 3 is 2.81 bits per heavy atom. The second kappa shape index (κ2) is 6.02. The number of likely N-dealkylation sites (N-methyl/N-ethyl adjacent to an activating group) is 1. The van der Waals surface area contributed by atoms with Gasteiger partial charge in [0.05, 0.1) is 0 Å². The monoisotopic (exact) mass is 224 g/mol. The van der Waals surface area contributed by atoms with E-state index in [1.165, 1.54) is 58.0 Å². The minimum Gasteiger partial charge on any atom is -0.310 e. The highest BCUT2D eigenvalue weighted by Gasteiger charge is 2.34. The van der Waals surface area contributed by atoms with Crippen molar-refractivity contribution >= 4 is 0 Å². The lowest BCUT2D eigenvalue weighted by Gasteiger charge is -2.24. The van der Waals surface area contributed by atoms with Gasteiger partial charge in [0, 0.05) is 18.6 Å². The zero-order chi connectivity index (χ0) is 11.4. The summed E-state index contributed by atoms with van der Waals surface area (Å²) in [6.45, 7) is 4.80.